The standard InChI is InChI=1S/C19H22O7/c1-11-5-3-7-14(20)18(23)15(21)8-4-6-12-9-13(25-2)10-16(22)17(12)19(24)26-11/h3-4,6-7,9-11,15,18,21-23H,5,8H2,1-2H3/b6-4+,7-3-/t11-,15-,18-/m1/s1. The van der Waals surface area contributed by atoms with Crippen LogP contribution in [-0.2, 0) is 9.53 Å². The maximum atomic E-state index is 12.4. The van der Waals surface area contributed by atoms with Crippen molar-refractivity contribution >= 4 is 17.8 Å². The highest BCUT2D eigenvalue weighted by atomic mass is 16.5. The summed E-state index contributed by atoms with van der Waals surface area (Å²) in [5.41, 5.74) is 0.306. The largest absolute Gasteiger partial charge is 0.507 e. The summed E-state index contributed by atoms with van der Waals surface area (Å²) in [4.78, 5) is 24.3. The molecule has 0 saturated heterocycles. The minimum absolute atomic E-state index is 0.0242. The van der Waals surface area contributed by atoms with E-state index in [9.17, 15) is 24.9 Å². The van der Waals surface area contributed by atoms with Crippen LogP contribution in [0.5, 0.6) is 11.5 Å². The Morgan fingerprint density at radius 2 is 1.81 bits per heavy atom. The zero-order valence-corrected chi connectivity index (χ0v) is 14.6. The highest BCUT2D eigenvalue weighted by Crippen LogP contribution is 2.30. The first-order chi connectivity index (χ1) is 12.3. The molecule has 0 bridgehead atoms. The monoisotopic (exact) mass is 362 g/mol. The third kappa shape index (κ3) is 4.71. The number of carbonyl (C=O) groups is 2. The van der Waals surface area contributed by atoms with E-state index < -0.39 is 30.1 Å². The van der Waals surface area contributed by atoms with Crippen molar-refractivity contribution in [1.29, 1.82) is 0 Å². The molecule has 1 aromatic carbocycles. The van der Waals surface area contributed by atoms with Crippen LogP contribution >= 0.6 is 0 Å². The van der Waals surface area contributed by atoms with Crippen molar-refractivity contribution in [2.24, 2.45) is 0 Å². The summed E-state index contributed by atoms with van der Waals surface area (Å²) >= 11 is 0. The third-order valence-electron chi connectivity index (χ3n) is 3.95. The minimum atomic E-state index is -1.55. The normalized spacial score (nSPS) is 27.0. The molecule has 0 radical (unpaired) electrons. The number of hydrogen-bond donors (Lipinski definition) is 3. The molecule has 7 heteroatoms. The van der Waals surface area contributed by atoms with Gasteiger partial charge >= 0.3 is 5.97 Å². The predicted molar refractivity (Wildman–Crippen MR) is 94.0 cm³/mol. The number of methoxy groups -OCH3 is 1. The van der Waals surface area contributed by atoms with E-state index in [-0.39, 0.29) is 24.2 Å². The molecule has 0 unspecified atom stereocenters. The Balaban J connectivity index is 2.45. The van der Waals surface area contributed by atoms with Gasteiger partial charge in [0.15, 0.2) is 5.78 Å². The quantitative estimate of drug-likeness (QED) is 0.650. The molecule has 1 aliphatic heterocycles. The van der Waals surface area contributed by atoms with E-state index in [0.717, 1.165) is 6.08 Å². The van der Waals surface area contributed by atoms with Crippen LogP contribution in [0.2, 0.25) is 0 Å². The Labute approximate surface area is 151 Å². The van der Waals surface area contributed by atoms with Gasteiger partial charge in [-0.2, -0.15) is 0 Å². The lowest BCUT2D eigenvalue weighted by atomic mass is 10.0. The maximum Gasteiger partial charge on any atom is 0.342 e. The highest BCUT2D eigenvalue weighted by molar-refractivity contribution is 5.97. The summed E-state index contributed by atoms with van der Waals surface area (Å²) in [6, 6.07) is 2.84. The first kappa shape index (κ1) is 19.7. The number of ketones is 1. The van der Waals surface area contributed by atoms with Crippen molar-refractivity contribution in [3.05, 3.63) is 41.5 Å². The molecule has 2 rings (SSSR count). The van der Waals surface area contributed by atoms with Crippen LogP contribution in [0.3, 0.4) is 0 Å². The molecule has 0 aliphatic carbocycles. The molecule has 1 aromatic rings. The number of aromatic hydroxyl groups is 1. The van der Waals surface area contributed by atoms with Crippen LogP contribution in [0.25, 0.3) is 6.08 Å². The van der Waals surface area contributed by atoms with Crippen LogP contribution in [0.15, 0.2) is 30.4 Å². The number of cyclic esters (lactones) is 1. The Kier molecular flexibility index (Phi) is 6.54. The molecular formula is C19H22O7. The molecule has 1 aliphatic rings. The summed E-state index contributed by atoms with van der Waals surface area (Å²) in [7, 11) is 1.42. The summed E-state index contributed by atoms with van der Waals surface area (Å²) in [5, 5.41) is 30.0. The van der Waals surface area contributed by atoms with Gasteiger partial charge in [-0.05, 0) is 31.1 Å². The molecular weight excluding hydrogens is 340 g/mol. The lowest BCUT2D eigenvalue weighted by Gasteiger charge is -2.16. The Bertz CT molecular complexity index is 736. The fraction of sp³-hybridized carbons (Fsp3) is 0.368. The van der Waals surface area contributed by atoms with Crippen LogP contribution < -0.4 is 4.74 Å². The smallest absolute Gasteiger partial charge is 0.342 e. The number of ether oxygens (including phenoxy) is 2. The molecule has 0 fully saturated rings. The van der Waals surface area contributed by atoms with E-state index in [1.165, 1.54) is 37.5 Å². The highest BCUT2D eigenvalue weighted by Gasteiger charge is 2.23. The summed E-state index contributed by atoms with van der Waals surface area (Å²) in [6.07, 6.45) is 2.42. The van der Waals surface area contributed by atoms with Gasteiger partial charge in [-0.1, -0.05) is 18.2 Å². The topological polar surface area (TPSA) is 113 Å². The van der Waals surface area contributed by atoms with Crippen molar-refractivity contribution in [1.82, 2.24) is 0 Å². The summed E-state index contributed by atoms with van der Waals surface area (Å²) in [5.74, 6) is -1.29. The fourth-order valence-corrected chi connectivity index (χ4v) is 2.51. The van der Waals surface area contributed by atoms with E-state index >= 15 is 0 Å². The lowest BCUT2D eigenvalue weighted by molar-refractivity contribution is -0.127. The lowest BCUT2D eigenvalue weighted by Crippen LogP contribution is -2.32. The number of esters is 1. The number of phenolic OH excluding ortho intramolecular Hbond substituents is 1. The molecule has 3 atom stereocenters. The first-order valence-corrected chi connectivity index (χ1v) is 8.18. The fourth-order valence-electron chi connectivity index (χ4n) is 2.51. The van der Waals surface area contributed by atoms with Gasteiger partial charge in [0.25, 0.3) is 0 Å². The van der Waals surface area contributed by atoms with E-state index in [1.807, 2.05) is 0 Å². The Morgan fingerprint density at radius 1 is 1.12 bits per heavy atom. The Hall–Kier alpha value is -2.64. The zero-order valence-electron chi connectivity index (χ0n) is 14.6. The van der Waals surface area contributed by atoms with Crippen molar-refractivity contribution in [3.63, 3.8) is 0 Å². The van der Waals surface area contributed by atoms with Crippen LogP contribution in [0.4, 0.5) is 0 Å². The van der Waals surface area contributed by atoms with Crippen molar-refractivity contribution in [2.45, 2.75) is 38.1 Å². The predicted octanol–water partition coefficient (Wildman–Crippen LogP) is 1.60. The van der Waals surface area contributed by atoms with Crippen molar-refractivity contribution in [2.75, 3.05) is 7.11 Å². The van der Waals surface area contributed by atoms with Gasteiger partial charge in [0.05, 0.1) is 13.2 Å². The number of rotatable bonds is 1. The average molecular weight is 362 g/mol. The molecule has 3 N–H and O–H groups in total. The van der Waals surface area contributed by atoms with Gasteiger partial charge in [-0.25, -0.2) is 4.79 Å². The number of aliphatic hydroxyl groups is 2. The second kappa shape index (κ2) is 8.64. The van der Waals surface area contributed by atoms with Gasteiger partial charge in [-0.15, -0.1) is 0 Å². The molecule has 7 nitrogen and oxygen atoms in total. The summed E-state index contributed by atoms with van der Waals surface area (Å²) in [6.45, 7) is 1.64. The van der Waals surface area contributed by atoms with Crippen LogP contribution in [-0.4, -0.2) is 52.5 Å². The van der Waals surface area contributed by atoms with Gasteiger partial charge < -0.3 is 24.8 Å². The molecule has 0 amide bonds. The minimum Gasteiger partial charge on any atom is -0.507 e. The van der Waals surface area contributed by atoms with Crippen molar-refractivity contribution < 1.29 is 34.4 Å². The van der Waals surface area contributed by atoms with E-state index in [1.54, 1.807) is 6.92 Å². The van der Waals surface area contributed by atoms with Crippen molar-refractivity contribution in [3.8, 4) is 11.5 Å². The number of hydrogen-bond acceptors (Lipinski definition) is 7. The molecule has 0 spiro atoms. The molecule has 1 heterocycles. The Morgan fingerprint density at radius 3 is 2.50 bits per heavy atom. The molecule has 26 heavy (non-hydrogen) atoms. The van der Waals surface area contributed by atoms with Gasteiger partial charge in [0.1, 0.15) is 29.3 Å². The molecule has 0 aromatic heterocycles. The van der Waals surface area contributed by atoms with Crippen LogP contribution in [0.1, 0.15) is 35.7 Å². The number of benzene rings is 1. The number of fused-ring (bicyclic) bond motifs is 1. The number of carbonyl (C=O) groups excluding carboxylic acids is 2. The molecule has 140 valence electrons. The molecule has 0 saturated carbocycles. The number of aliphatic hydroxyl groups excluding tert-OH is 2. The van der Waals surface area contributed by atoms with E-state index in [0.29, 0.717) is 11.3 Å². The van der Waals surface area contributed by atoms with E-state index in [2.05, 4.69) is 0 Å². The van der Waals surface area contributed by atoms with Gasteiger partial charge in [0.2, 0.25) is 0 Å². The zero-order chi connectivity index (χ0) is 19.3. The second-order valence-corrected chi connectivity index (χ2v) is 6.02. The van der Waals surface area contributed by atoms with Gasteiger partial charge in [-0.3, -0.25) is 4.79 Å². The average Bonchev–Trinajstić information content (AvgIpc) is 2.59. The van der Waals surface area contributed by atoms with Gasteiger partial charge in [0, 0.05) is 12.5 Å². The van der Waals surface area contributed by atoms with E-state index in [4.69, 9.17) is 9.47 Å². The first-order valence-electron chi connectivity index (χ1n) is 8.18. The van der Waals surface area contributed by atoms with Crippen LogP contribution in [0, 0.1) is 0 Å². The SMILES string of the molecule is COc1cc(O)c2c(c1)/C=C/C[C@@H](O)[C@H](O)C(=O)/C=C\C[C@@H](C)OC2=O. The maximum absolute atomic E-state index is 12.4. The third-order valence-corrected chi connectivity index (χ3v) is 3.95. The summed E-state index contributed by atoms with van der Waals surface area (Å²) < 4.78 is 10.4. The number of phenols is 1. The second-order valence-electron chi connectivity index (χ2n) is 6.02.